The third-order valence-corrected chi connectivity index (χ3v) is 2.85. The highest BCUT2D eigenvalue weighted by Crippen LogP contribution is 2.13. The molecule has 0 aromatic rings. The highest BCUT2D eigenvalue weighted by molar-refractivity contribution is 7.94. The lowest BCUT2D eigenvalue weighted by Gasteiger charge is -2.22. The van der Waals surface area contributed by atoms with Gasteiger partial charge in [-0.15, -0.1) is 0 Å². The van der Waals surface area contributed by atoms with Crippen LogP contribution in [0.25, 0.3) is 0 Å². The van der Waals surface area contributed by atoms with Gasteiger partial charge in [0.2, 0.25) is 0 Å². The van der Waals surface area contributed by atoms with Gasteiger partial charge in [0.05, 0.1) is 0 Å². The molecular formula is C10H24N2S. The Bertz CT molecular complexity index is 97.1. The topological polar surface area (TPSA) is 6.48 Å². The maximum Gasteiger partial charge on any atom is 0.00982 e. The van der Waals surface area contributed by atoms with Crippen LogP contribution in [0.4, 0.5) is 0 Å². The molecule has 0 aliphatic carbocycles. The lowest BCUT2D eigenvalue weighted by Crippen LogP contribution is -2.20. The van der Waals surface area contributed by atoms with Crippen molar-refractivity contribution in [2.45, 2.75) is 39.5 Å². The van der Waals surface area contributed by atoms with Crippen LogP contribution in [0.1, 0.15) is 39.5 Å². The van der Waals surface area contributed by atoms with Gasteiger partial charge in [0.15, 0.2) is 0 Å². The van der Waals surface area contributed by atoms with E-state index in [9.17, 15) is 0 Å². The van der Waals surface area contributed by atoms with Crippen LogP contribution in [0.3, 0.4) is 0 Å². The van der Waals surface area contributed by atoms with Crippen LogP contribution in [0.5, 0.6) is 0 Å². The van der Waals surface area contributed by atoms with Crippen LogP contribution < -0.4 is 0 Å². The summed E-state index contributed by atoms with van der Waals surface area (Å²) in [4.78, 5) is 0. The minimum absolute atomic E-state index is 1.19. The van der Waals surface area contributed by atoms with Crippen LogP contribution in [-0.4, -0.2) is 35.8 Å². The Morgan fingerprint density at radius 2 is 1.23 bits per heavy atom. The van der Waals surface area contributed by atoms with E-state index >= 15 is 0 Å². The van der Waals surface area contributed by atoms with Crippen molar-refractivity contribution in [2.75, 3.05) is 27.2 Å². The Hall–Kier alpha value is 0.270. The molecule has 0 atom stereocenters. The van der Waals surface area contributed by atoms with Gasteiger partial charge in [-0.05, 0) is 26.9 Å². The summed E-state index contributed by atoms with van der Waals surface area (Å²) in [7, 11) is 4.34. The summed E-state index contributed by atoms with van der Waals surface area (Å²) in [6.45, 7) is 6.86. The van der Waals surface area contributed by atoms with Crippen molar-refractivity contribution in [1.29, 1.82) is 0 Å². The van der Waals surface area contributed by atoms with Crippen molar-refractivity contribution in [3.05, 3.63) is 0 Å². The Morgan fingerprint density at radius 3 is 1.54 bits per heavy atom. The summed E-state index contributed by atoms with van der Waals surface area (Å²) >= 11 is 1.85. The molecule has 0 fully saturated rings. The summed E-state index contributed by atoms with van der Waals surface area (Å²) in [5.74, 6) is 0. The molecule has 13 heavy (non-hydrogen) atoms. The molecule has 0 spiro atoms. The fourth-order valence-electron chi connectivity index (χ4n) is 1.08. The van der Waals surface area contributed by atoms with Crippen LogP contribution >= 0.6 is 12.1 Å². The Kier molecular flexibility index (Phi) is 9.03. The molecule has 0 rings (SSSR count). The van der Waals surface area contributed by atoms with Crippen LogP contribution in [0.2, 0.25) is 0 Å². The van der Waals surface area contributed by atoms with Crippen LogP contribution in [-0.2, 0) is 0 Å². The fourth-order valence-corrected chi connectivity index (χ4v) is 1.98. The van der Waals surface area contributed by atoms with E-state index in [1.54, 1.807) is 0 Å². The van der Waals surface area contributed by atoms with Gasteiger partial charge in [-0.3, -0.25) is 0 Å². The molecule has 0 aromatic heterocycles. The number of hydrogen-bond donors (Lipinski definition) is 0. The van der Waals surface area contributed by atoms with Gasteiger partial charge in [-0.1, -0.05) is 26.7 Å². The molecule has 0 heterocycles. The van der Waals surface area contributed by atoms with Crippen molar-refractivity contribution < 1.29 is 0 Å². The predicted octanol–water partition coefficient (Wildman–Crippen LogP) is 3.01. The van der Waals surface area contributed by atoms with Gasteiger partial charge >= 0.3 is 0 Å². The minimum atomic E-state index is 1.19. The van der Waals surface area contributed by atoms with E-state index in [1.807, 2.05) is 12.1 Å². The first-order valence-electron chi connectivity index (χ1n) is 5.31. The summed E-state index contributed by atoms with van der Waals surface area (Å²) in [5, 5.41) is 0. The number of hydrogen-bond acceptors (Lipinski definition) is 3. The average Bonchev–Trinajstić information content (AvgIpc) is 2.11. The molecule has 2 nitrogen and oxygen atoms in total. The third-order valence-electron chi connectivity index (χ3n) is 1.93. The number of nitrogens with zero attached hydrogens (tertiary/aromatic N) is 2. The molecule has 0 aliphatic rings. The van der Waals surface area contributed by atoms with E-state index in [0.717, 1.165) is 0 Å². The van der Waals surface area contributed by atoms with Gasteiger partial charge < -0.3 is 0 Å². The van der Waals surface area contributed by atoms with Gasteiger partial charge in [0, 0.05) is 25.2 Å². The first-order chi connectivity index (χ1) is 6.20. The highest BCUT2D eigenvalue weighted by atomic mass is 32.2. The summed E-state index contributed by atoms with van der Waals surface area (Å²) in [6, 6.07) is 0. The first kappa shape index (κ1) is 13.3. The summed E-state index contributed by atoms with van der Waals surface area (Å²) in [5.41, 5.74) is 0. The second-order valence-corrected chi connectivity index (χ2v) is 4.90. The summed E-state index contributed by atoms with van der Waals surface area (Å²) < 4.78 is 4.64. The predicted molar refractivity (Wildman–Crippen MR) is 62.7 cm³/mol. The van der Waals surface area contributed by atoms with E-state index in [0.29, 0.717) is 0 Å². The smallest absolute Gasteiger partial charge is 0.00982 e. The molecule has 0 aliphatic heterocycles. The average molecular weight is 204 g/mol. The van der Waals surface area contributed by atoms with Crippen molar-refractivity contribution in [3.63, 3.8) is 0 Å². The van der Waals surface area contributed by atoms with Crippen molar-refractivity contribution in [2.24, 2.45) is 0 Å². The van der Waals surface area contributed by atoms with Crippen molar-refractivity contribution in [1.82, 2.24) is 8.61 Å². The monoisotopic (exact) mass is 204 g/mol. The summed E-state index contributed by atoms with van der Waals surface area (Å²) in [6.07, 6.45) is 5.16. The van der Waals surface area contributed by atoms with Gasteiger partial charge in [0.1, 0.15) is 0 Å². The minimum Gasteiger partial charge on any atom is -0.240 e. The molecule has 0 N–H and O–H groups in total. The fraction of sp³-hybridized carbons (Fsp3) is 1.00. The van der Waals surface area contributed by atoms with Crippen molar-refractivity contribution >= 4 is 12.1 Å². The molecule has 0 amide bonds. The molecule has 0 radical (unpaired) electrons. The second kappa shape index (κ2) is 8.85. The standard InChI is InChI=1S/C10H24N2S/c1-5-7-9-11(3)13-12(4)10-8-6-2/h5-10H2,1-4H3. The van der Waals surface area contributed by atoms with E-state index in [-0.39, 0.29) is 0 Å². The largest absolute Gasteiger partial charge is 0.240 e. The van der Waals surface area contributed by atoms with E-state index in [2.05, 4.69) is 36.6 Å². The lowest BCUT2D eigenvalue weighted by atomic mass is 10.3. The molecule has 0 saturated carbocycles. The van der Waals surface area contributed by atoms with Crippen molar-refractivity contribution in [3.8, 4) is 0 Å². The molecule has 0 unspecified atom stereocenters. The molecule has 0 bridgehead atoms. The van der Waals surface area contributed by atoms with Gasteiger partial charge in [0.25, 0.3) is 0 Å². The SMILES string of the molecule is CCCCN(C)SN(C)CCCC. The van der Waals surface area contributed by atoms with E-state index in [4.69, 9.17) is 0 Å². The quantitative estimate of drug-likeness (QED) is 0.561. The third kappa shape index (κ3) is 8.60. The zero-order chi connectivity index (χ0) is 10.1. The van der Waals surface area contributed by atoms with Crippen LogP contribution in [0.15, 0.2) is 0 Å². The molecule has 0 aromatic carbocycles. The van der Waals surface area contributed by atoms with Gasteiger partial charge in [-0.25, -0.2) is 8.61 Å². The zero-order valence-electron chi connectivity index (χ0n) is 9.55. The second-order valence-electron chi connectivity index (χ2n) is 3.49. The van der Waals surface area contributed by atoms with Crippen LogP contribution in [0, 0.1) is 0 Å². The Morgan fingerprint density at radius 1 is 0.846 bits per heavy atom. The number of rotatable bonds is 8. The molecule has 80 valence electrons. The zero-order valence-corrected chi connectivity index (χ0v) is 10.4. The Labute approximate surface area is 87.9 Å². The molecule has 0 saturated heterocycles. The van der Waals surface area contributed by atoms with Gasteiger partial charge in [-0.2, -0.15) is 0 Å². The molecular weight excluding hydrogens is 180 g/mol. The maximum absolute atomic E-state index is 2.32. The normalized spacial score (nSPS) is 11.5. The first-order valence-corrected chi connectivity index (χ1v) is 6.04. The highest BCUT2D eigenvalue weighted by Gasteiger charge is 2.02. The Balaban J connectivity index is 3.35. The maximum atomic E-state index is 2.32. The van der Waals surface area contributed by atoms with E-state index in [1.165, 1.54) is 38.8 Å². The lowest BCUT2D eigenvalue weighted by molar-refractivity contribution is 0.476. The molecule has 3 heteroatoms. The number of unbranched alkanes of at least 4 members (excludes halogenated alkanes) is 2. The van der Waals surface area contributed by atoms with E-state index < -0.39 is 0 Å².